The van der Waals surface area contributed by atoms with E-state index in [-0.39, 0.29) is 5.56 Å². The molecule has 3 aromatic rings. The van der Waals surface area contributed by atoms with Crippen LogP contribution in [0.1, 0.15) is 41.7 Å². The number of nitrogens with zero attached hydrogens (tertiary/aromatic N) is 2. The van der Waals surface area contributed by atoms with Crippen molar-refractivity contribution < 1.29 is 4.79 Å². The first-order valence-corrected chi connectivity index (χ1v) is 9.49. The fraction of sp³-hybridized carbons (Fsp3) is 0.350. The summed E-state index contributed by atoms with van der Waals surface area (Å²) in [5.41, 5.74) is 9.55. The Morgan fingerprint density at radius 3 is 2.54 bits per heavy atom. The lowest BCUT2D eigenvalue weighted by atomic mass is 9.99. The van der Waals surface area contributed by atoms with Gasteiger partial charge in [-0.2, -0.15) is 0 Å². The Labute approximate surface area is 156 Å². The summed E-state index contributed by atoms with van der Waals surface area (Å²) in [6, 6.07) is 5.46. The predicted molar refractivity (Wildman–Crippen MR) is 107 cm³/mol. The molecule has 0 bridgehead atoms. The summed E-state index contributed by atoms with van der Waals surface area (Å²) >= 11 is 1.52. The van der Waals surface area contributed by atoms with E-state index in [1.807, 2.05) is 19.9 Å². The van der Waals surface area contributed by atoms with E-state index < -0.39 is 11.9 Å². The molecule has 26 heavy (non-hydrogen) atoms. The third kappa shape index (κ3) is 2.84. The first-order chi connectivity index (χ1) is 12.3. The van der Waals surface area contributed by atoms with Crippen molar-refractivity contribution in [2.24, 2.45) is 5.73 Å². The molecule has 0 fully saturated rings. The van der Waals surface area contributed by atoms with E-state index in [1.165, 1.54) is 27.0 Å². The predicted octanol–water partition coefficient (Wildman–Crippen LogP) is 3.66. The first-order valence-electron chi connectivity index (χ1n) is 8.67. The summed E-state index contributed by atoms with van der Waals surface area (Å²) in [6.07, 6.45) is 0.554. The molecule has 0 saturated heterocycles. The number of benzene rings is 1. The van der Waals surface area contributed by atoms with Crippen LogP contribution in [0.15, 0.2) is 23.0 Å². The Hall–Kier alpha value is -2.47. The highest BCUT2D eigenvalue weighted by Crippen LogP contribution is 2.36. The van der Waals surface area contributed by atoms with Crippen LogP contribution in [0.25, 0.3) is 21.3 Å². The zero-order valence-electron chi connectivity index (χ0n) is 15.7. The van der Waals surface area contributed by atoms with Crippen LogP contribution in [0, 0.1) is 20.8 Å². The molecule has 2 N–H and O–H groups in total. The van der Waals surface area contributed by atoms with Crippen LogP contribution in [-0.4, -0.2) is 15.5 Å². The van der Waals surface area contributed by atoms with Crippen LogP contribution in [0.3, 0.4) is 0 Å². The van der Waals surface area contributed by atoms with Crippen LogP contribution in [0.2, 0.25) is 0 Å². The summed E-state index contributed by atoms with van der Waals surface area (Å²) in [5, 5.41) is 0.570. The molecule has 1 aromatic carbocycles. The summed E-state index contributed by atoms with van der Waals surface area (Å²) < 4.78 is 1.45. The van der Waals surface area contributed by atoms with Crippen molar-refractivity contribution in [2.45, 2.75) is 47.1 Å². The van der Waals surface area contributed by atoms with Crippen molar-refractivity contribution in [3.63, 3.8) is 0 Å². The lowest BCUT2D eigenvalue weighted by Crippen LogP contribution is -2.34. The number of amides is 1. The SMILES string of the molecule is CCc1nc2sc(C)c(-c3ccc(C)c(C)c3)c2c(=O)n1C(C)C(N)=O. The molecule has 6 heteroatoms. The highest BCUT2D eigenvalue weighted by molar-refractivity contribution is 7.19. The lowest BCUT2D eigenvalue weighted by molar-refractivity contribution is -0.120. The smallest absolute Gasteiger partial charge is 0.263 e. The average molecular weight is 369 g/mol. The van der Waals surface area contributed by atoms with E-state index in [1.54, 1.807) is 6.92 Å². The number of fused-ring (bicyclic) bond motifs is 1. The highest BCUT2D eigenvalue weighted by Gasteiger charge is 2.23. The fourth-order valence-electron chi connectivity index (χ4n) is 3.24. The number of aromatic nitrogens is 2. The number of carbonyl (C=O) groups excluding carboxylic acids is 1. The molecule has 136 valence electrons. The number of hydrogen-bond acceptors (Lipinski definition) is 4. The summed E-state index contributed by atoms with van der Waals surface area (Å²) in [4.78, 5) is 31.5. The second-order valence-corrected chi connectivity index (χ2v) is 7.85. The van der Waals surface area contributed by atoms with Crippen molar-refractivity contribution in [3.8, 4) is 11.1 Å². The fourth-order valence-corrected chi connectivity index (χ4v) is 4.29. The number of aryl methyl sites for hydroxylation is 4. The van der Waals surface area contributed by atoms with Gasteiger partial charge in [-0.1, -0.05) is 25.1 Å². The van der Waals surface area contributed by atoms with Crippen molar-refractivity contribution in [3.05, 3.63) is 50.4 Å². The van der Waals surface area contributed by atoms with Gasteiger partial charge in [0.1, 0.15) is 16.7 Å². The van der Waals surface area contributed by atoms with Crippen molar-refractivity contribution in [1.82, 2.24) is 9.55 Å². The maximum Gasteiger partial charge on any atom is 0.263 e. The first kappa shape index (κ1) is 18.3. The highest BCUT2D eigenvalue weighted by atomic mass is 32.1. The van der Waals surface area contributed by atoms with Gasteiger partial charge in [-0.3, -0.25) is 14.2 Å². The van der Waals surface area contributed by atoms with Gasteiger partial charge in [0, 0.05) is 16.9 Å². The number of thiophene rings is 1. The molecule has 0 saturated carbocycles. The molecular formula is C20H23N3O2S. The third-order valence-electron chi connectivity index (χ3n) is 4.92. The molecule has 0 radical (unpaired) electrons. The standard InChI is InChI=1S/C20H23N3O2S/c1-6-15-22-19-17(20(25)23(15)12(4)18(21)24)16(13(5)26-19)14-8-7-10(2)11(3)9-14/h7-9,12H,6H2,1-5H3,(H2,21,24). The van der Waals surface area contributed by atoms with Gasteiger partial charge in [0.25, 0.3) is 5.56 Å². The lowest BCUT2D eigenvalue weighted by Gasteiger charge is -2.16. The zero-order chi connectivity index (χ0) is 19.2. The van der Waals surface area contributed by atoms with Gasteiger partial charge in [-0.15, -0.1) is 11.3 Å². The van der Waals surface area contributed by atoms with E-state index in [0.29, 0.717) is 22.5 Å². The maximum atomic E-state index is 13.3. The zero-order valence-corrected chi connectivity index (χ0v) is 16.5. The molecule has 5 nitrogen and oxygen atoms in total. The van der Waals surface area contributed by atoms with Gasteiger partial charge in [0.2, 0.25) is 5.91 Å². The molecule has 1 unspecified atom stereocenters. The maximum absolute atomic E-state index is 13.3. The Kier molecular flexibility index (Phi) is 4.71. The van der Waals surface area contributed by atoms with E-state index in [4.69, 9.17) is 5.73 Å². The van der Waals surface area contributed by atoms with Crippen LogP contribution in [0.4, 0.5) is 0 Å². The van der Waals surface area contributed by atoms with Crippen LogP contribution >= 0.6 is 11.3 Å². The molecule has 0 spiro atoms. The minimum atomic E-state index is -0.734. The van der Waals surface area contributed by atoms with Crippen LogP contribution in [-0.2, 0) is 11.2 Å². The topological polar surface area (TPSA) is 78.0 Å². The Bertz CT molecular complexity index is 1080. The number of nitrogens with two attached hydrogens (primary N) is 1. The van der Waals surface area contributed by atoms with Crippen LogP contribution < -0.4 is 11.3 Å². The molecule has 3 rings (SSSR count). The molecule has 0 aliphatic rings. The minimum Gasteiger partial charge on any atom is -0.368 e. The Morgan fingerprint density at radius 1 is 1.27 bits per heavy atom. The minimum absolute atomic E-state index is 0.198. The van der Waals surface area contributed by atoms with Gasteiger partial charge >= 0.3 is 0 Å². The second kappa shape index (κ2) is 6.68. The Morgan fingerprint density at radius 2 is 1.96 bits per heavy atom. The molecule has 1 atom stereocenters. The Balaban J connectivity index is 2.40. The number of carbonyl (C=O) groups is 1. The monoisotopic (exact) mass is 369 g/mol. The van der Waals surface area contributed by atoms with Gasteiger partial charge in [-0.05, 0) is 44.4 Å². The number of rotatable bonds is 4. The largest absolute Gasteiger partial charge is 0.368 e. The average Bonchev–Trinajstić information content (AvgIpc) is 2.92. The number of primary amides is 1. The van der Waals surface area contributed by atoms with E-state index in [0.717, 1.165) is 16.0 Å². The molecule has 1 amide bonds. The summed E-state index contributed by atoms with van der Waals surface area (Å²) in [5.74, 6) is 0.0457. The molecule has 0 aliphatic heterocycles. The van der Waals surface area contributed by atoms with E-state index >= 15 is 0 Å². The van der Waals surface area contributed by atoms with Crippen molar-refractivity contribution >= 4 is 27.5 Å². The third-order valence-corrected chi connectivity index (χ3v) is 5.92. The molecular weight excluding hydrogens is 346 g/mol. The normalized spacial score (nSPS) is 12.5. The second-order valence-electron chi connectivity index (χ2n) is 6.65. The molecule has 0 aliphatic carbocycles. The summed E-state index contributed by atoms with van der Waals surface area (Å²) in [6.45, 7) is 9.69. The van der Waals surface area contributed by atoms with Crippen LogP contribution in [0.5, 0.6) is 0 Å². The van der Waals surface area contributed by atoms with Gasteiger partial charge in [0.05, 0.1) is 5.39 Å². The van der Waals surface area contributed by atoms with Gasteiger partial charge in [0.15, 0.2) is 0 Å². The number of hydrogen-bond donors (Lipinski definition) is 1. The van der Waals surface area contributed by atoms with Crippen molar-refractivity contribution in [1.29, 1.82) is 0 Å². The van der Waals surface area contributed by atoms with Gasteiger partial charge in [-0.25, -0.2) is 4.98 Å². The van der Waals surface area contributed by atoms with E-state index in [2.05, 4.69) is 31.0 Å². The molecule has 2 heterocycles. The molecule has 2 aromatic heterocycles. The van der Waals surface area contributed by atoms with Crippen molar-refractivity contribution in [2.75, 3.05) is 0 Å². The van der Waals surface area contributed by atoms with E-state index in [9.17, 15) is 9.59 Å². The van der Waals surface area contributed by atoms with Gasteiger partial charge < -0.3 is 5.73 Å². The summed E-state index contributed by atoms with van der Waals surface area (Å²) in [7, 11) is 0. The quantitative estimate of drug-likeness (QED) is 0.762.